The van der Waals surface area contributed by atoms with Crippen molar-refractivity contribution in [1.82, 2.24) is 5.32 Å². The van der Waals surface area contributed by atoms with Crippen LogP contribution in [0.25, 0.3) is 0 Å². The van der Waals surface area contributed by atoms with E-state index in [4.69, 9.17) is 17.3 Å². The lowest BCUT2D eigenvalue weighted by Crippen LogP contribution is -2.58. The van der Waals surface area contributed by atoms with Crippen molar-refractivity contribution in [2.24, 2.45) is 5.73 Å². The molecule has 0 saturated carbocycles. The standard InChI is InChI=1S/C12H16ClN3O/c1-8-6-9(13)2-3-10(8)16-5-4-15-12(17)11(16)7-14/h2-3,6,11H,4-5,7,14H2,1H3,(H,15,17). The van der Waals surface area contributed by atoms with Gasteiger partial charge < -0.3 is 16.0 Å². The van der Waals surface area contributed by atoms with Gasteiger partial charge in [-0.3, -0.25) is 4.79 Å². The van der Waals surface area contributed by atoms with E-state index in [9.17, 15) is 4.79 Å². The second-order valence-corrected chi connectivity index (χ2v) is 4.60. The molecule has 1 amide bonds. The number of carbonyl (C=O) groups is 1. The number of rotatable bonds is 2. The molecule has 1 heterocycles. The third-order valence-electron chi connectivity index (χ3n) is 3.02. The summed E-state index contributed by atoms with van der Waals surface area (Å²) in [4.78, 5) is 13.8. The Morgan fingerprint density at radius 3 is 3.00 bits per heavy atom. The first-order valence-electron chi connectivity index (χ1n) is 5.64. The number of anilines is 1. The zero-order valence-electron chi connectivity index (χ0n) is 9.74. The molecule has 5 heteroatoms. The van der Waals surface area contributed by atoms with Crippen molar-refractivity contribution in [3.8, 4) is 0 Å². The Morgan fingerprint density at radius 1 is 1.59 bits per heavy atom. The van der Waals surface area contributed by atoms with Crippen molar-refractivity contribution in [3.05, 3.63) is 28.8 Å². The molecule has 0 radical (unpaired) electrons. The number of nitrogens with one attached hydrogen (secondary N) is 1. The number of amides is 1. The van der Waals surface area contributed by atoms with Crippen LogP contribution in [0.15, 0.2) is 18.2 Å². The molecule has 1 saturated heterocycles. The maximum Gasteiger partial charge on any atom is 0.244 e. The molecule has 2 rings (SSSR count). The summed E-state index contributed by atoms with van der Waals surface area (Å²) in [6, 6.07) is 5.39. The predicted octanol–water partition coefficient (Wildman–Crippen LogP) is 0.912. The minimum Gasteiger partial charge on any atom is -0.357 e. The van der Waals surface area contributed by atoms with Gasteiger partial charge in [-0.05, 0) is 30.7 Å². The lowest BCUT2D eigenvalue weighted by molar-refractivity contribution is -0.123. The fourth-order valence-corrected chi connectivity index (χ4v) is 2.41. The monoisotopic (exact) mass is 253 g/mol. The zero-order valence-corrected chi connectivity index (χ0v) is 10.5. The van der Waals surface area contributed by atoms with E-state index in [0.717, 1.165) is 17.8 Å². The number of benzene rings is 1. The van der Waals surface area contributed by atoms with Gasteiger partial charge in [-0.25, -0.2) is 0 Å². The van der Waals surface area contributed by atoms with Crippen LogP contribution in [-0.2, 0) is 4.79 Å². The van der Waals surface area contributed by atoms with E-state index in [1.807, 2.05) is 30.0 Å². The molecular formula is C12H16ClN3O. The fraction of sp³-hybridized carbons (Fsp3) is 0.417. The van der Waals surface area contributed by atoms with E-state index in [0.29, 0.717) is 18.1 Å². The van der Waals surface area contributed by atoms with Gasteiger partial charge in [0.25, 0.3) is 0 Å². The summed E-state index contributed by atoms with van der Waals surface area (Å²) in [5.41, 5.74) is 7.76. The minimum absolute atomic E-state index is 0.00639. The molecule has 1 unspecified atom stereocenters. The first-order valence-corrected chi connectivity index (χ1v) is 6.02. The number of hydrogen-bond donors (Lipinski definition) is 2. The van der Waals surface area contributed by atoms with Crippen LogP contribution in [0.5, 0.6) is 0 Å². The van der Waals surface area contributed by atoms with Gasteiger partial charge in [-0.1, -0.05) is 11.6 Å². The molecule has 1 atom stereocenters. The number of hydrogen-bond acceptors (Lipinski definition) is 3. The number of nitrogens with two attached hydrogens (primary N) is 1. The van der Waals surface area contributed by atoms with Crippen molar-refractivity contribution in [2.45, 2.75) is 13.0 Å². The van der Waals surface area contributed by atoms with Crippen LogP contribution in [0.2, 0.25) is 5.02 Å². The van der Waals surface area contributed by atoms with Crippen molar-refractivity contribution < 1.29 is 4.79 Å². The van der Waals surface area contributed by atoms with E-state index < -0.39 is 0 Å². The average molecular weight is 254 g/mol. The SMILES string of the molecule is Cc1cc(Cl)ccc1N1CCNC(=O)C1CN. The summed E-state index contributed by atoms with van der Waals surface area (Å²) >= 11 is 5.93. The summed E-state index contributed by atoms with van der Waals surface area (Å²) in [5.74, 6) is -0.00639. The Labute approximate surface area is 106 Å². The van der Waals surface area contributed by atoms with Gasteiger partial charge in [-0.15, -0.1) is 0 Å². The second kappa shape index (κ2) is 4.94. The highest BCUT2D eigenvalue weighted by Crippen LogP contribution is 2.25. The maximum atomic E-state index is 11.7. The highest BCUT2D eigenvalue weighted by molar-refractivity contribution is 6.30. The molecule has 3 N–H and O–H groups in total. The van der Waals surface area contributed by atoms with E-state index in [1.165, 1.54) is 0 Å². The van der Waals surface area contributed by atoms with E-state index in [1.54, 1.807) is 0 Å². The molecule has 1 aliphatic heterocycles. The average Bonchev–Trinajstić information content (AvgIpc) is 2.29. The predicted molar refractivity (Wildman–Crippen MR) is 69.4 cm³/mol. The van der Waals surface area contributed by atoms with Gasteiger partial charge in [0.05, 0.1) is 0 Å². The molecule has 1 aliphatic rings. The molecule has 1 aromatic rings. The Morgan fingerprint density at radius 2 is 2.35 bits per heavy atom. The Balaban J connectivity index is 2.33. The summed E-state index contributed by atoms with van der Waals surface area (Å²) in [7, 11) is 0. The molecule has 0 aromatic heterocycles. The van der Waals surface area contributed by atoms with Gasteiger partial charge in [0.15, 0.2) is 0 Å². The third-order valence-corrected chi connectivity index (χ3v) is 3.26. The Kier molecular flexibility index (Phi) is 3.54. The molecule has 1 aromatic carbocycles. The largest absolute Gasteiger partial charge is 0.357 e. The maximum absolute atomic E-state index is 11.7. The van der Waals surface area contributed by atoms with Crippen LogP contribution < -0.4 is 16.0 Å². The van der Waals surface area contributed by atoms with Crippen molar-refractivity contribution >= 4 is 23.2 Å². The smallest absolute Gasteiger partial charge is 0.244 e. The highest BCUT2D eigenvalue weighted by Gasteiger charge is 2.29. The highest BCUT2D eigenvalue weighted by atomic mass is 35.5. The van der Waals surface area contributed by atoms with Crippen LogP contribution in [-0.4, -0.2) is 31.6 Å². The van der Waals surface area contributed by atoms with Gasteiger partial charge in [0, 0.05) is 30.3 Å². The van der Waals surface area contributed by atoms with Gasteiger partial charge in [0.2, 0.25) is 5.91 Å². The van der Waals surface area contributed by atoms with Gasteiger partial charge >= 0.3 is 0 Å². The Hall–Kier alpha value is -1.26. The number of piperazine rings is 1. The molecule has 0 aliphatic carbocycles. The lowest BCUT2D eigenvalue weighted by atomic mass is 10.1. The first-order chi connectivity index (χ1) is 8.13. The van der Waals surface area contributed by atoms with E-state index in [-0.39, 0.29) is 11.9 Å². The Bertz CT molecular complexity index is 436. The number of carbonyl (C=O) groups excluding carboxylic acids is 1. The minimum atomic E-state index is -0.288. The van der Waals surface area contributed by atoms with Crippen LogP contribution in [0, 0.1) is 6.92 Å². The second-order valence-electron chi connectivity index (χ2n) is 4.17. The fourth-order valence-electron chi connectivity index (χ4n) is 2.18. The third kappa shape index (κ3) is 2.37. The number of nitrogens with zero attached hydrogens (tertiary/aromatic N) is 1. The quantitative estimate of drug-likeness (QED) is 0.824. The molecular weight excluding hydrogens is 238 g/mol. The van der Waals surface area contributed by atoms with Crippen LogP contribution in [0.1, 0.15) is 5.56 Å². The number of aryl methyl sites for hydroxylation is 1. The zero-order chi connectivity index (χ0) is 12.4. The molecule has 1 fully saturated rings. The van der Waals surface area contributed by atoms with Crippen LogP contribution in [0.4, 0.5) is 5.69 Å². The normalized spacial score (nSPS) is 20.3. The van der Waals surface area contributed by atoms with Crippen LogP contribution >= 0.6 is 11.6 Å². The van der Waals surface area contributed by atoms with E-state index >= 15 is 0 Å². The molecule has 4 nitrogen and oxygen atoms in total. The van der Waals surface area contributed by atoms with Crippen molar-refractivity contribution in [3.63, 3.8) is 0 Å². The first kappa shape index (κ1) is 12.2. The summed E-state index contributed by atoms with van der Waals surface area (Å²) in [5, 5.41) is 3.53. The topological polar surface area (TPSA) is 58.4 Å². The summed E-state index contributed by atoms with van der Waals surface area (Å²) < 4.78 is 0. The van der Waals surface area contributed by atoms with Gasteiger partial charge in [-0.2, -0.15) is 0 Å². The molecule has 0 bridgehead atoms. The summed E-state index contributed by atoms with van der Waals surface area (Å²) in [6.07, 6.45) is 0. The lowest BCUT2D eigenvalue weighted by Gasteiger charge is -2.37. The van der Waals surface area contributed by atoms with Gasteiger partial charge in [0.1, 0.15) is 6.04 Å². The summed E-state index contributed by atoms with van der Waals surface area (Å²) in [6.45, 7) is 3.72. The number of halogens is 1. The molecule has 92 valence electrons. The molecule has 0 spiro atoms. The van der Waals surface area contributed by atoms with E-state index in [2.05, 4.69) is 5.32 Å². The molecule has 17 heavy (non-hydrogen) atoms. The van der Waals surface area contributed by atoms with Crippen molar-refractivity contribution in [2.75, 3.05) is 24.5 Å². The van der Waals surface area contributed by atoms with Crippen LogP contribution in [0.3, 0.4) is 0 Å². The van der Waals surface area contributed by atoms with Crippen molar-refractivity contribution in [1.29, 1.82) is 0 Å².